The quantitative estimate of drug-likeness (QED) is 0.511. The Bertz CT molecular complexity index is 1150. The SMILES string of the molecule is Cc1nc(-c2ccccc2)sc1C(=O)NNC(=O)c1cncn1-c1ccccc1. The first kappa shape index (κ1) is 18.6. The maximum absolute atomic E-state index is 12.6. The number of benzene rings is 2. The first-order valence-corrected chi connectivity index (χ1v) is 9.66. The zero-order chi connectivity index (χ0) is 20.2. The van der Waals surface area contributed by atoms with Gasteiger partial charge in [0.2, 0.25) is 0 Å². The number of carbonyl (C=O) groups is 2. The molecule has 2 aromatic heterocycles. The van der Waals surface area contributed by atoms with Gasteiger partial charge in [0, 0.05) is 11.3 Å². The maximum Gasteiger partial charge on any atom is 0.288 e. The third kappa shape index (κ3) is 3.92. The van der Waals surface area contributed by atoms with Crippen LogP contribution in [0.4, 0.5) is 0 Å². The number of aryl methyl sites for hydroxylation is 1. The number of nitrogens with zero attached hydrogens (tertiary/aromatic N) is 3. The Labute approximate surface area is 171 Å². The highest BCUT2D eigenvalue weighted by Gasteiger charge is 2.18. The van der Waals surface area contributed by atoms with E-state index in [1.54, 1.807) is 17.8 Å². The van der Waals surface area contributed by atoms with Crippen molar-refractivity contribution in [3.63, 3.8) is 0 Å². The molecule has 29 heavy (non-hydrogen) atoms. The molecule has 0 aliphatic rings. The number of para-hydroxylation sites is 1. The van der Waals surface area contributed by atoms with Gasteiger partial charge >= 0.3 is 0 Å². The minimum atomic E-state index is -0.467. The van der Waals surface area contributed by atoms with E-state index in [1.165, 1.54) is 17.5 Å². The third-order valence-corrected chi connectivity index (χ3v) is 5.42. The van der Waals surface area contributed by atoms with Crippen LogP contribution in [0.15, 0.2) is 73.2 Å². The molecule has 0 bridgehead atoms. The van der Waals surface area contributed by atoms with E-state index < -0.39 is 11.8 Å². The topological polar surface area (TPSA) is 88.9 Å². The number of thiazole rings is 1. The molecule has 0 saturated carbocycles. The van der Waals surface area contributed by atoms with Crippen LogP contribution >= 0.6 is 11.3 Å². The first-order chi connectivity index (χ1) is 14.1. The van der Waals surface area contributed by atoms with Crippen LogP contribution in [0.2, 0.25) is 0 Å². The second-order valence-corrected chi connectivity index (χ2v) is 7.19. The number of carbonyl (C=O) groups excluding carboxylic acids is 2. The third-order valence-electron chi connectivity index (χ3n) is 4.22. The molecule has 2 amide bonds. The molecular formula is C21H17N5O2S. The molecule has 0 radical (unpaired) electrons. The molecule has 7 nitrogen and oxygen atoms in total. The Morgan fingerprint density at radius 3 is 2.31 bits per heavy atom. The van der Waals surface area contributed by atoms with E-state index >= 15 is 0 Å². The van der Waals surface area contributed by atoms with Crippen molar-refractivity contribution in [1.29, 1.82) is 0 Å². The summed E-state index contributed by atoms with van der Waals surface area (Å²) in [5.74, 6) is -0.883. The molecule has 0 unspecified atom stereocenters. The van der Waals surface area contributed by atoms with E-state index in [0.717, 1.165) is 16.3 Å². The summed E-state index contributed by atoms with van der Waals surface area (Å²) in [5, 5.41) is 0.752. The lowest BCUT2D eigenvalue weighted by Crippen LogP contribution is -2.42. The Balaban J connectivity index is 1.47. The summed E-state index contributed by atoms with van der Waals surface area (Å²) in [6.07, 6.45) is 2.99. The van der Waals surface area contributed by atoms with Crippen molar-refractivity contribution >= 4 is 23.2 Å². The van der Waals surface area contributed by atoms with Crippen molar-refractivity contribution in [1.82, 2.24) is 25.4 Å². The number of nitrogens with one attached hydrogen (secondary N) is 2. The number of aromatic nitrogens is 3. The number of rotatable bonds is 4. The molecular weight excluding hydrogens is 386 g/mol. The highest BCUT2D eigenvalue weighted by molar-refractivity contribution is 7.17. The molecule has 0 spiro atoms. The van der Waals surface area contributed by atoms with Gasteiger partial charge < -0.3 is 0 Å². The van der Waals surface area contributed by atoms with Crippen LogP contribution < -0.4 is 10.9 Å². The summed E-state index contributed by atoms with van der Waals surface area (Å²) in [6.45, 7) is 1.77. The Kier molecular flexibility index (Phi) is 5.17. The van der Waals surface area contributed by atoms with Crippen LogP contribution in [0.3, 0.4) is 0 Å². The van der Waals surface area contributed by atoms with Gasteiger partial charge in [0.15, 0.2) is 0 Å². The van der Waals surface area contributed by atoms with E-state index in [4.69, 9.17) is 0 Å². The predicted octanol–water partition coefficient (Wildman–Crippen LogP) is 3.38. The van der Waals surface area contributed by atoms with E-state index in [1.807, 2.05) is 60.7 Å². The molecule has 8 heteroatoms. The van der Waals surface area contributed by atoms with E-state index in [9.17, 15) is 9.59 Å². The van der Waals surface area contributed by atoms with Crippen molar-refractivity contribution in [2.24, 2.45) is 0 Å². The summed E-state index contributed by atoms with van der Waals surface area (Å²) in [7, 11) is 0. The molecule has 0 atom stereocenters. The summed E-state index contributed by atoms with van der Waals surface area (Å²) in [6, 6.07) is 19.0. The predicted molar refractivity (Wildman–Crippen MR) is 111 cm³/mol. The molecule has 2 N–H and O–H groups in total. The number of imidazole rings is 1. The Hall–Kier alpha value is -3.78. The fraction of sp³-hybridized carbons (Fsp3) is 0.0476. The van der Waals surface area contributed by atoms with Gasteiger partial charge in [-0.15, -0.1) is 11.3 Å². The summed E-state index contributed by atoms with van der Waals surface area (Å²) < 4.78 is 1.65. The van der Waals surface area contributed by atoms with Crippen molar-refractivity contribution in [2.45, 2.75) is 6.92 Å². The summed E-state index contributed by atoms with van der Waals surface area (Å²) in [4.78, 5) is 34.1. The van der Waals surface area contributed by atoms with Gasteiger partial charge in [-0.2, -0.15) is 0 Å². The molecule has 144 valence electrons. The highest BCUT2D eigenvalue weighted by Crippen LogP contribution is 2.27. The molecule has 0 aliphatic heterocycles. The number of hydrogen-bond donors (Lipinski definition) is 2. The minimum absolute atomic E-state index is 0.308. The van der Waals surface area contributed by atoms with E-state index in [-0.39, 0.29) is 0 Å². The van der Waals surface area contributed by atoms with Crippen LogP contribution in [0, 0.1) is 6.92 Å². The molecule has 4 rings (SSSR count). The van der Waals surface area contributed by atoms with Crippen LogP contribution in [-0.4, -0.2) is 26.3 Å². The molecule has 0 fully saturated rings. The lowest BCUT2D eigenvalue weighted by atomic mass is 10.2. The maximum atomic E-state index is 12.6. The molecule has 2 aromatic carbocycles. The highest BCUT2D eigenvalue weighted by atomic mass is 32.1. The van der Waals surface area contributed by atoms with Gasteiger partial charge in [-0.3, -0.25) is 25.0 Å². The van der Waals surface area contributed by atoms with Gasteiger partial charge in [-0.05, 0) is 19.1 Å². The minimum Gasteiger partial charge on any atom is -0.295 e. The molecule has 4 aromatic rings. The summed E-state index contributed by atoms with van der Waals surface area (Å²) in [5.41, 5.74) is 7.56. The van der Waals surface area contributed by atoms with Crippen molar-refractivity contribution in [3.8, 4) is 16.3 Å². The fourth-order valence-electron chi connectivity index (χ4n) is 2.80. The van der Waals surface area contributed by atoms with Gasteiger partial charge in [0.25, 0.3) is 11.8 Å². The second kappa shape index (κ2) is 8.07. The molecule has 2 heterocycles. The Morgan fingerprint density at radius 1 is 0.931 bits per heavy atom. The number of hydrazine groups is 1. The van der Waals surface area contributed by atoms with Crippen molar-refractivity contribution in [3.05, 3.63) is 89.5 Å². The average Bonchev–Trinajstić information content (AvgIpc) is 3.40. The van der Waals surface area contributed by atoms with Gasteiger partial charge in [0.05, 0.1) is 18.2 Å². The zero-order valence-corrected chi connectivity index (χ0v) is 16.3. The van der Waals surface area contributed by atoms with Crippen LogP contribution in [-0.2, 0) is 0 Å². The van der Waals surface area contributed by atoms with E-state index in [0.29, 0.717) is 16.3 Å². The Morgan fingerprint density at radius 2 is 1.59 bits per heavy atom. The number of amides is 2. The van der Waals surface area contributed by atoms with Crippen LogP contribution in [0.5, 0.6) is 0 Å². The van der Waals surface area contributed by atoms with Gasteiger partial charge in [0.1, 0.15) is 15.6 Å². The second-order valence-electron chi connectivity index (χ2n) is 6.19. The van der Waals surface area contributed by atoms with Crippen molar-refractivity contribution in [2.75, 3.05) is 0 Å². The lowest BCUT2D eigenvalue weighted by molar-refractivity contribution is 0.0844. The van der Waals surface area contributed by atoms with Crippen LogP contribution in [0.25, 0.3) is 16.3 Å². The lowest BCUT2D eigenvalue weighted by Gasteiger charge is -2.09. The van der Waals surface area contributed by atoms with Crippen molar-refractivity contribution < 1.29 is 9.59 Å². The van der Waals surface area contributed by atoms with E-state index in [2.05, 4.69) is 20.8 Å². The fourth-order valence-corrected chi connectivity index (χ4v) is 3.77. The molecule has 0 aliphatic carbocycles. The summed E-state index contributed by atoms with van der Waals surface area (Å²) >= 11 is 1.28. The van der Waals surface area contributed by atoms with Gasteiger partial charge in [-0.1, -0.05) is 48.5 Å². The average molecular weight is 403 g/mol. The van der Waals surface area contributed by atoms with Gasteiger partial charge in [-0.25, -0.2) is 9.97 Å². The standard InChI is InChI=1S/C21H17N5O2S/c1-14-18(29-21(23-14)15-8-4-2-5-9-15)20(28)25-24-19(27)17-12-22-13-26(17)16-10-6-3-7-11-16/h2-13H,1H3,(H,24,27)(H,25,28). The smallest absolute Gasteiger partial charge is 0.288 e. The first-order valence-electron chi connectivity index (χ1n) is 8.85. The largest absolute Gasteiger partial charge is 0.295 e. The monoisotopic (exact) mass is 403 g/mol. The molecule has 0 saturated heterocycles. The van der Waals surface area contributed by atoms with Crippen LogP contribution in [0.1, 0.15) is 25.9 Å². The normalized spacial score (nSPS) is 10.5. The zero-order valence-electron chi connectivity index (χ0n) is 15.5. The number of hydrogen-bond acceptors (Lipinski definition) is 5.